The molecule has 1 aromatic heterocycles. The first-order chi connectivity index (χ1) is 15.2. The van der Waals surface area contributed by atoms with Crippen LogP contribution in [0.5, 0.6) is 0 Å². The van der Waals surface area contributed by atoms with E-state index < -0.39 is 0 Å². The van der Waals surface area contributed by atoms with Gasteiger partial charge in [-0.15, -0.1) is 0 Å². The van der Waals surface area contributed by atoms with Crippen molar-refractivity contribution in [3.05, 3.63) is 48.0 Å². The van der Waals surface area contributed by atoms with Gasteiger partial charge in [0.2, 0.25) is 0 Å². The minimum atomic E-state index is -0.109. The first kappa shape index (κ1) is 23.5. The van der Waals surface area contributed by atoms with Crippen LogP contribution in [-0.4, -0.2) is 9.97 Å². The Morgan fingerprint density at radius 3 is 2.13 bits per heavy atom. The van der Waals surface area contributed by atoms with E-state index in [0.717, 1.165) is 49.9 Å². The first-order valence-electron chi connectivity index (χ1n) is 12.5. The van der Waals surface area contributed by atoms with Crippen molar-refractivity contribution in [2.45, 2.75) is 103 Å². The number of rotatable bonds is 11. The van der Waals surface area contributed by atoms with Gasteiger partial charge in [-0.05, 0) is 56.1 Å². The van der Waals surface area contributed by atoms with Gasteiger partial charge in [0.15, 0.2) is 0 Å². The second-order valence-electron chi connectivity index (χ2n) is 9.46. The van der Waals surface area contributed by atoms with Gasteiger partial charge in [0, 0.05) is 23.9 Å². The van der Waals surface area contributed by atoms with Crippen molar-refractivity contribution in [2.24, 2.45) is 5.41 Å². The maximum atomic E-state index is 9.62. The minimum Gasteiger partial charge on any atom is -0.240 e. The molecule has 1 aromatic carbocycles. The maximum absolute atomic E-state index is 9.62. The second-order valence-corrected chi connectivity index (χ2v) is 9.46. The van der Waals surface area contributed by atoms with E-state index in [1.54, 1.807) is 0 Å². The van der Waals surface area contributed by atoms with Crippen molar-refractivity contribution in [3.63, 3.8) is 0 Å². The number of hydrogen-bond acceptors (Lipinski definition) is 3. The molecule has 1 fully saturated rings. The third kappa shape index (κ3) is 6.63. The van der Waals surface area contributed by atoms with Gasteiger partial charge in [0.25, 0.3) is 0 Å². The van der Waals surface area contributed by atoms with E-state index in [-0.39, 0.29) is 5.41 Å². The van der Waals surface area contributed by atoms with Gasteiger partial charge in [0.05, 0.1) is 11.5 Å². The fourth-order valence-electron chi connectivity index (χ4n) is 5.00. The molecule has 0 saturated heterocycles. The van der Waals surface area contributed by atoms with Crippen LogP contribution in [0.2, 0.25) is 0 Å². The van der Waals surface area contributed by atoms with Crippen molar-refractivity contribution in [1.82, 2.24) is 9.97 Å². The molecule has 166 valence electrons. The molecular weight excluding hydrogens is 378 g/mol. The first-order valence-corrected chi connectivity index (χ1v) is 12.5. The quantitative estimate of drug-likeness (QED) is 0.348. The molecule has 2 aromatic rings. The molecule has 1 heterocycles. The molecule has 1 aliphatic carbocycles. The van der Waals surface area contributed by atoms with Crippen LogP contribution in [0.1, 0.15) is 108 Å². The van der Waals surface area contributed by atoms with E-state index >= 15 is 0 Å². The Kier molecular flexibility index (Phi) is 9.07. The van der Waals surface area contributed by atoms with Crippen molar-refractivity contribution in [1.29, 1.82) is 5.26 Å². The zero-order chi connectivity index (χ0) is 21.9. The molecule has 0 amide bonds. The molecular formula is C28H39N3. The predicted octanol–water partition coefficient (Wildman–Crippen LogP) is 8.01. The smallest absolute Gasteiger partial charge is 0.131 e. The van der Waals surface area contributed by atoms with Gasteiger partial charge >= 0.3 is 0 Å². The fourth-order valence-corrected chi connectivity index (χ4v) is 5.00. The second kappa shape index (κ2) is 12.0. The highest BCUT2D eigenvalue weighted by Gasteiger charge is 2.35. The number of unbranched alkanes of at least 4 members (excludes halogenated alkanes) is 5. The van der Waals surface area contributed by atoms with Gasteiger partial charge < -0.3 is 0 Å². The van der Waals surface area contributed by atoms with Gasteiger partial charge in [0.1, 0.15) is 5.82 Å². The lowest BCUT2D eigenvalue weighted by molar-refractivity contribution is 0.224. The van der Waals surface area contributed by atoms with Crippen LogP contribution in [0.25, 0.3) is 11.1 Å². The molecule has 3 rings (SSSR count). The lowest BCUT2D eigenvalue weighted by atomic mass is 9.69. The van der Waals surface area contributed by atoms with Crippen LogP contribution in [0, 0.1) is 16.7 Å². The highest BCUT2D eigenvalue weighted by atomic mass is 14.9. The van der Waals surface area contributed by atoms with E-state index in [1.165, 1.54) is 56.1 Å². The zero-order valence-electron chi connectivity index (χ0n) is 19.6. The number of aryl methyl sites for hydroxylation is 1. The summed E-state index contributed by atoms with van der Waals surface area (Å²) in [6, 6.07) is 11.5. The lowest BCUT2D eigenvalue weighted by Crippen LogP contribution is -2.25. The molecule has 0 bridgehead atoms. The van der Waals surface area contributed by atoms with Crippen molar-refractivity contribution in [2.75, 3.05) is 0 Å². The lowest BCUT2D eigenvalue weighted by Gasteiger charge is -2.34. The summed E-state index contributed by atoms with van der Waals surface area (Å²) in [5.74, 6) is 1.35. The third-order valence-corrected chi connectivity index (χ3v) is 7.05. The monoisotopic (exact) mass is 417 g/mol. The number of nitriles is 1. The molecule has 0 spiro atoms. The molecule has 31 heavy (non-hydrogen) atoms. The molecule has 1 aliphatic rings. The molecule has 3 nitrogen and oxygen atoms in total. The van der Waals surface area contributed by atoms with Crippen LogP contribution in [0.15, 0.2) is 36.7 Å². The Labute approximate surface area is 189 Å². The Morgan fingerprint density at radius 1 is 0.871 bits per heavy atom. The van der Waals surface area contributed by atoms with Crippen LogP contribution >= 0.6 is 0 Å². The van der Waals surface area contributed by atoms with Crippen LogP contribution < -0.4 is 0 Å². The van der Waals surface area contributed by atoms with E-state index in [9.17, 15) is 5.26 Å². The van der Waals surface area contributed by atoms with E-state index in [1.807, 2.05) is 12.4 Å². The molecule has 0 atom stereocenters. The summed E-state index contributed by atoms with van der Waals surface area (Å²) in [5, 5.41) is 9.62. The van der Waals surface area contributed by atoms with Crippen molar-refractivity contribution >= 4 is 0 Å². The van der Waals surface area contributed by atoms with Gasteiger partial charge in [-0.25, -0.2) is 9.97 Å². The Balaban J connectivity index is 1.51. The van der Waals surface area contributed by atoms with Gasteiger partial charge in [-0.3, -0.25) is 0 Å². The predicted molar refractivity (Wildman–Crippen MR) is 129 cm³/mol. The highest BCUT2D eigenvalue weighted by molar-refractivity contribution is 5.61. The standard InChI is InChI=1S/C28H39N3/c1-3-5-6-7-8-9-10-23-11-13-24(14-12-23)26-20-30-27(31-21-26)25-15-18-28(22-29,17-4-2)19-16-25/h11-14,20-21,25H,3-10,15-19H2,1-2H3/t25-,28-. The van der Waals surface area contributed by atoms with Crippen LogP contribution in [-0.2, 0) is 6.42 Å². The average Bonchev–Trinajstić information content (AvgIpc) is 2.82. The summed E-state index contributed by atoms with van der Waals surface area (Å²) in [6.07, 6.45) is 19.3. The fraction of sp³-hybridized carbons (Fsp3) is 0.607. The largest absolute Gasteiger partial charge is 0.240 e. The minimum absolute atomic E-state index is 0.109. The number of hydrogen-bond donors (Lipinski definition) is 0. The summed E-state index contributed by atoms with van der Waals surface area (Å²) < 4.78 is 0. The summed E-state index contributed by atoms with van der Waals surface area (Å²) in [6.45, 7) is 4.44. The molecule has 0 aliphatic heterocycles. The third-order valence-electron chi connectivity index (χ3n) is 7.05. The summed E-state index contributed by atoms with van der Waals surface area (Å²) in [7, 11) is 0. The van der Waals surface area contributed by atoms with Crippen LogP contribution in [0.4, 0.5) is 0 Å². The average molecular weight is 418 g/mol. The normalized spacial score (nSPS) is 21.0. The molecule has 0 radical (unpaired) electrons. The maximum Gasteiger partial charge on any atom is 0.131 e. The van der Waals surface area contributed by atoms with E-state index in [2.05, 4.69) is 44.2 Å². The highest BCUT2D eigenvalue weighted by Crippen LogP contribution is 2.44. The van der Waals surface area contributed by atoms with E-state index in [4.69, 9.17) is 9.97 Å². The van der Waals surface area contributed by atoms with Crippen molar-refractivity contribution < 1.29 is 0 Å². The number of aromatic nitrogens is 2. The Morgan fingerprint density at radius 2 is 1.52 bits per heavy atom. The van der Waals surface area contributed by atoms with Crippen molar-refractivity contribution in [3.8, 4) is 17.2 Å². The molecule has 1 saturated carbocycles. The number of benzene rings is 1. The molecule has 0 unspecified atom stereocenters. The Hall–Kier alpha value is -2.21. The molecule has 3 heteroatoms. The summed E-state index contributed by atoms with van der Waals surface area (Å²) in [4.78, 5) is 9.42. The zero-order valence-corrected chi connectivity index (χ0v) is 19.6. The van der Waals surface area contributed by atoms with Crippen LogP contribution in [0.3, 0.4) is 0 Å². The number of nitrogens with zero attached hydrogens (tertiary/aromatic N) is 3. The molecule has 0 N–H and O–H groups in total. The topological polar surface area (TPSA) is 49.6 Å². The van der Waals surface area contributed by atoms with E-state index in [0.29, 0.717) is 5.92 Å². The van der Waals surface area contributed by atoms with Gasteiger partial charge in [-0.2, -0.15) is 5.26 Å². The Bertz CT molecular complexity index is 809. The SMILES string of the molecule is CCCCCCCCc1ccc(-c2cnc([C@H]3CC[C@@](C#N)(CCC)CC3)nc2)cc1. The summed E-state index contributed by atoms with van der Waals surface area (Å²) in [5.41, 5.74) is 3.59. The summed E-state index contributed by atoms with van der Waals surface area (Å²) >= 11 is 0. The van der Waals surface area contributed by atoms with Gasteiger partial charge in [-0.1, -0.05) is 76.6 Å².